The Hall–Kier alpha value is -2.29. The van der Waals surface area contributed by atoms with E-state index in [0.717, 1.165) is 16.9 Å². The summed E-state index contributed by atoms with van der Waals surface area (Å²) in [5.74, 6) is 1.04. The van der Waals surface area contributed by atoms with Crippen molar-refractivity contribution < 1.29 is 9.53 Å². The number of ether oxygens (including phenoxy) is 1. The molecule has 0 aromatic heterocycles. The van der Waals surface area contributed by atoms with Crippen LogP contribution in [0.1, 0.15) is 23.6 Å². The van der Waals surface area contributed by atoms with E-state index in [-0.39, 0.29) is 11.9 Å². The van der Waals surface area contributed by atoms with Gasteiger partial charge in [0.15, 0.2) is 0 Å². The molecule has 0 N–H and O–H groups in total. The van der Waals surface area contributed by atoms with Gasteiger partial charge in [-0.25, -0.2) is 0 Å². The molecular formula is C17H17NO2. The summed E-state index contributed by atoms with van der Waals surface area (Å²) in [7, 11) is 1.66. The fraction of sp³-hybridized carbons (Fsp3) is 0.235. The molecule has 1 atom stereocenters. The molecule has 2 aromatic carbocycles. The van der Waals surface area contributed by atoms with Crippen LogP contribution in [-0.4, -0.2) is 17.9 Å². The minimum Gasteiger partial charge on any atom is -0.497 e. The number of rotatable bonds is 4. The van der Waals surface area contributed by atoms with Gasteiger partial charge in [-0.1, -0.05) is 42.5 Å². The largest absolute Gasteiger partial charge is 0.497 e. The Kier molecular flexibility index (Phi) is 3.42. The van der Waals surface area contributed by atoms with Crippen molar-refractivity contribution in [2.24, 2.45) is 0 Å². The van der Waals surface area contributed by atoms with Gasteiger partial charge in [-0.05, 0) is 23.3 Å². The van der Waals surface area contributed by atoms with Crippen molar-refractivity contribution in [1.82, 2.24) is 4.90 Å². The monoisotopic (exact) mass is 267 g/mol. The number of likely N-dealkylation sites (tertiary alicyclic amines) is 1. The van der Waals surface area contributed by atoms with E-state index >= 15 is 0 Å². The van der Waals surface area contributed by atoms with E-state index in [2.05, 4.69) is 6.07 Å². The van der Waals surface area contributed by atoms with Crippen molar-refractivity contribution in [3.05, 3.63) is 65.7 Å². The van der Waals surface area contributed by atoms with Gasteiger partial charge in [0, 0.05) is 6.54 Å². The quantitative estimate of drug-likeness (QED) is 0.796. The number of β-lactam (4-membered cyclic amide) rings is 1. The molecule has 0 aliphatic carbocycles. The van der Waals surface area contributed by atoms with Gasteiger partial charge in [-0.2, -0.15) is 0 Å². The lowest BCUT2D eigenvalue weighted by Gasteiger charge is -2.41. The van der Waals surface area contributed by atoms with Gasteiger partial charge in [0.1, 0.15) is 5.75 Å². The second kappa shape index (κ2) is 5.37. The first kappa shape index (κ1) is 12.7. The number of methoxy groups -OCH3 is 1. The molecule has 0 bridgehead atoms. The van der Waals surface area contributed by atoms with Crippen LogP contribution >= 0.6 is 0 Å². The zero-order chi connectivity index (χ0) is 13.9. The molecule has 1 aliphatic rings. The van der Waals surface area contributed by atoms with Gasteiger partial charge >= 0.3 is 0 Å². The Morgan fingerprint density at radius 3 is 2.65 bits per heavy atom. The molecular weight excluding hydrogens is 250 g/mol. The van der Waals surface area contributed by atoms with Gasteiger partial charge < -0.3 is 9.64 Å². The summed E-state index contributed by atoms with van der Waals surface area (Å²) in [4.78, 5) is 13.8. The van der Waals surface area contributed by atoms with E-state index in [4.69, 9.17) is 4.74 Å². The summed E-state index contributed by atoms with van der Waals surface area (Å²) >= 11 is 0. The molecule has 102 valence electrons. The molecule has 1 fully saturated rings. The summed E-state index contributed by atoms with van der Waals surface area (Å²) < 4.78 is 5.25. The molecule has 0 radical (unpaired) electrons. The summed E-state index contributed by atoms with van der Waals surface area (Å²) in [5.41, 5.74) is 2.30. The highest BCUT2D eigenvalue weighted by molar-refractivity contribution is 5.83. The van der Waals surface area contributed by atoms with Crippen molar-refractivity contribution in [2.75, 3.05) is 7.11 Å². The zero-order valence-electron chi connectivity index (χ0n) is 11.5. The van der Waals surface area contributed by atoms with E-state index in [1.807, 2.05) is 53.4 Å². The van der Waals surface area contributed by atoms with Gasteiger partial charge in [-0.15, -0.1) is 0 Å². The van der Waals surface area contributed by atoms with Crippen LogP contribution in [-0.2, 0) is 11.3 Å². The third-order valence-electron chi connectivity index (χ3n) is 3.74. The number of benzene rings is 2. The first-order valence-corrected chi connectivity index (χ1v) is 6.75. The van der Waals surface area contributed by atoms with E-state index in [1.165, 1.54) is 0 Å². The van der Waals surface area contributed by atoms with Gasteiger partial charge in [-0.3, -0.25) is 4.79 Å². The molecule has 3 heteroatoms. The minimum absolute atomic E-state index is 0.165. The lowest BCUT2D eigenvalue weighted by molar-refractivity contribution is -0.147. The number of amides is 1. The van der Waals surface area contributed by atoms with Crippen LogP contribution < -0.4 is 4.74 Å². The molecule has 1 saturated heterocycles. The second-order valence-corrected chi connectivity index (χ2v) is 5.00. The molecule has 20 heavy (non-hydrogen) atoms. The van der Waals surface area contributed by atoms with Crippen molar-refractivity contribution in [2.45, 2.75) is 19.0 Å². The van der Waals surface area contributed by atoms with Crippen LogP contribution in [0.2, 0.25) is 0 Å². The third-order valence-corrected chi connectivity index (χ3v) is 3.74. The molecule has 3 nitrogen and oxygen atoms in total. The van der Waals surface area contributed by atoms with Crippen molar-refractivity contribution in [1.29, 1.82) is 0 Å². The van der Waals surface area contributed by atoms with Crippen LogP contribution in [0.5, 0.6) is 5.75 Å². The molecule has 0 saturated carbocycles. The molecule has 1 aliphatic heterocycles. The highest BCUT2D eigenvalue weighted by Gasteiger charge is 2.36. The van der Waals surface area contributed by atoms with Crippen LogP contribution in [0.15, 0.2) is 54.6 Å². The van der Waals surface area contributed by atoms with Gasteiger partial charge in [0.05, 0.1) is 19.6 Å². The maximum absolute atomic E-state index is 11.9. The maximum atomic E-state index is 11.9. The summed E-state index contributed by atoms with van der Waals surface area (Å²) in [5, 5.41) is 0. The Labute approximate surface area is 118 Å². The number of carbonyl (C=O) groups is 1. The molecule has 0 spiro atoms. The molecule has 1 heterocycles. The van der Waals surface area contributed by atoms with Crippen LogP contribution in [0.4, 0.5) is 0 Å². The fourth-order valence-corrected chi connectivity index (χ4v) is 2.58. The number of hydrogen-bond donors (Lipinski definition) is 0. The summed E-state index contributed by atoms with van der Waals surface area (Å²) in [6.45, 7) is 0.668. The normalized spacial score (nSPS) is 17.8. The zero-order valence-corrected chi connectivity index (χ0v) is 11.5. The first-order valence-electron chi connectivity index (χ1n) is 6.75. The van der Waals surface area contributed by atoms with E-state index < -0.39 is 0 Å². The second-order valence-electron chi connectivity index (χ2n) is 5.00. The first-order chi connectivity index (χ1) is 9.78. The Bertz CT molecular complexity index is 609. The molecule has 3 rings (SSSR count). The molecule has 2 aromatic rings. The SMILES string of the molecule is COc1cccc(C2CC(=O)N2Cc2ccccc2)c1. The van der Waals surface area contributed by atoms with E-state index in [0.29, 0.717) is 13.0 Å². The lowest BCUT2D eigenvalue weighted by Crippen LogP contribution is -2.45. The summed E-state index contributed by atoms with van der Waals surface area (Å²) in [6.07, 6.45) is 0.583. The van der Waals surface area contributed by atoms with Crippen molar-refractivity contribution in [3.8, 4) is 5.75 Å². The number of nitrogens with zero attached hydrogens (tertiary/aromatic N) is 1. The molecule has 1 amide bonds. The highest BCUT2D eigenvalue weighted by atomic mass is 16.5. The maximum Gasteiger partial charge on any atom is 0.225 e. The van der Waals surface area contributed by atoms with Crippen LogP contribution in [0.25, 0.3) is 0 Å². The highest BCUT2D eigenvalue weighted by Crippen LogP contribution is 2.36. The van der Waals surface area contributed by atoms with Gasteiger partial charge in [0.2, 0.25) is 5.91 Å². The van der Waals surface area contributed by atoms with Crippen molar-refractivity contribution >= 4 is 5.91 Å². The van der Waals surface area contributed by atoms with Crippen LogP contribution in [0, 0.1) is 0 Å². The van der Waals surface area contributed by atoms with Crippen LogP contribution in [0.3, 0.4) is 0 Å². The standard InChI is InChI=1S/C17H17NO2/c1-20-15-9-5-8-14(10-15)16-11-17(19)18(16)12-13-6-3-2-4-7-13/h2-10,16H,11-12H2,1H3. The van der Waals surface area contributed by atoms with E-state index in [9.17, 15) is 4.79 Å². The number of hydrogen-bond acceptors (Lipinski definition) is 2. The lowest BCUT2D eigenvalue weighted by atomic mass is 9.93. The van der Waals surface area contributed by atoms with Gasteiger partial charge in [0.25, 0.3) is 0 Å². The molecule has 1 unspecified atom stereocenters. The predicted molar refractivity (Wildman–Crippen MR) is 77.3 cm³/mol. The average molecular weight is 267 g/mol. The Balaban J connectivity index is 1.78. The topological polar surface area (TPSA) is 29.5 Å². The minimum atomic E-state index is 0.165. The average Bonchev–Trinajstić information content (AvgIpc) is 2.51. The predicted octanol–water partition coefficient (Wildman–Crippen LogP) is 3.17. The number of carbonyl (C=O) groups excluding carboxylic acids is 1. The summed E-state index contributed by atoms with van der Waals surface area (Å²) in [6, 6.07) is 18.2. The smallest absolute Gasteiger partial charge is 0.225 e. The fourth-order valence-electron chi connectivity index (χ4n) is 2.58. The Morgan fingerprint density at radius 2 is 1.95 bits per heavy atom. The third kappa shape index (κ3) is 2.39. The Morgan fingerprint density at radius 1 is 1.15 bits per heavy atom. The van der Waals surface area contributed by atoms with Crippen molar-refractivity contribution in [3.63, 3.8) is 0 Å². The van der Waals surface area contributed by atoms with E-state index in [1.54, 1.807) is 7.11 Å².